The number of thiophene rings is 1. The number of carbonyl (C=O) groups excluding carboxylic acids is 5. The van der Waals surface area contributed by atoms with Gasteiger partial charge in [0.05, 0.1) is 6.42 Å². The molecule has 2 aliphatic rings. The second-order valence-corrected chi connectivity index (χ2v) is 13.8. The van der Waals surface area contributed by atoms with Gasteiger partial charge in [0.25, 0.3) is 0 Å². The molecule has 280 valence electrons. The Morgan fingerprint density at radius 2 is 1.24 bits per heavy atom. The highest BCUT2D eigenvalue weighted by Crippen LogP contribution is 2.20. The summed E-state index contributed by atoms with van der Waals surface area (Å²) in [7, 11) is 0. The first-order valence-corrected chi connectivity index (χ1v) is 18.0. The molecule has 2 aliphatic heterocycles. The molecule has 3 heterocycles. The van der Waals surface area contributed by atoms with E-state index in [0.717, 1.165) is 16.0 Å². The van der Waals surface area contributed by atoms with E-state index in [-0.39, 0.29) is 32.1 Å². The number of carboxylic acids is 2. The van der Waals surface area contributed by atoms with Crippen molar-refractivity contribution in [1.29, 1.82) is 0 Å². The quantitative estimate of drug-likeness (QED) is 0.131. The molecule has 1 aromatic heterocycles. The van der Waals surface area contributed by atoms with Crippen molar-refractivity contribution in [3.05, 3.63) is 112 Å². The van der Waals surface area contributed by atoms with Gasteiger partial charge in [-0.1, -0.05) is 72.8 Å². The Morgan fingerprint density at radius 3 is 1.87 bits per heavy atom. The van der Waals surface area contributed by atoms with Crippen molar-refractivity contribution in [2.45, 2.75) is 62.7 Å². The zero-order valence-electron chi connectivity index (χ0n) is 29.0. The van der Waals surface area contributed by atoms with E-state index in [1.807, 2.05) is 42.5 Å². The minimum Gasteiger partial charge on any atom is -0.481 e. The molecule has 0 fully saturated rings. The summed E-state index contributed by atoms with van der Waals surface area (Å²) in [4.78, 5) is 92.0. The van der Waals surface area contributed by atoms with E-state index in [2.05, 4.69) is 26.6 Å². The average Bonchev–Trinajstić information content (AvgIpc) is 3.67. The highest BCUT2D eigenvalue weighted by Gasteiger charge is 2.33. The highest BCUT2D eigenvalue weighted by atomic mass is 32.1. The number of nitrogens with one attached hydrogen (secondary N) is 5. The van der Waals surface area contributed by atoms with Crippen LogP contribution in [0.25, 0.3) is 11.1 Å². The van der Waals surface area contributed by atoms with Crippen molar-refractivity contribution >= 4 is 58.5 Å². The lowest BCUT2D eigenvalue weighted by atomic mass is 9.99. The molecule has 0 radical (unpaired) electrons. The third-order valence-electron chi connectivity index (χ3n) is 8.65. The van der Waals surface area contributed by atoms with Gasteiger partial charge in [0.15, 0.2) is 0 Å². The molecule has 0 unspecified atom stereocenters. The molecule has 0 saturated carbocycles. The van der Waals surface area contributed by atoms with Gasteiger partial charge >= 0.3 is 11.9 Å². The fraction of sp³-hybridized carbons (Fsp3) is 0.256. The van der Waals surface area contributed by atoms with E-state index in [1.165, 1.54) is 23.5 Å². The van der Waals surface area contributed by atoms with Crippen molar-refractivity contribution in [3.63, 3.8) is 0 Å². The zero-order chi connectivity index (χ0) is 38.6. The SMILES string of the molecule is O=C(O)C[C@@H]1NC(=O)[C@H](Cc2ccc(-c3ccccc3)cc2)NC(=O)[C@@H](Cc2cccs2)NC(=O)CCC(=O)Nc2ccc(cc2)C[C@H](C(=O)O)NC1=O. The van der Waals surface area contributed by atoms with Crippen LogP contribution in [0.15, 0.2) is 96.4 Å². The summed E-state index contributed by atoms with van der Waals surface area (Å²) < 4.78 is 0. The molecule has 0 saturated heterocycles. The second-order valence-electron chi connectivity index (χ2n) is 12.7. The summed E-state index contributed by atoms with van der Waals surface area (Å²) in [6.07, 6.45) is -1.58. The molecule has 0 spiro atoms. The van der Waals surface area contributed by atoms with Crippen LogP contribution < -0.4 is 26.6 Å². The molecule has 0 aliphatic carbocycles. The van der Waals surface area contributed by atoms with Crippen LogP contribution in [0.2, 0.25) is 0 Å². The molecule has 5 amide bonds. The zero-order valence-corrected chi connectivity index (χ0v) is 29.8. The molecule has 6 rings (SSSR count). The number of benzene rings is 3. The van der Waals surface area contributed by atoms with Gasteiger partial charge in [-0.05, 0) is 45.8 Å². The largest absolute Gasteiger partial charge is 0.481 e. The van der Waals surface area contributed by atoms with Crippen LogP contribution in [-0.2, 0) is 52.8 Å². The summed E-state index contributed by atoms with van der Waals surface area (Å²) in [6.45, 7) is 0. The molecule has 2 bridgehead atoms. The predicted molar refractivity (Wildman–Crippen MR) is 199 cm³/mol. The Morgan fingerprint density at radius 1 is 0.630 bits per heavy atom. The predicted octanol–water partition coefficient (Wildman–Crippen LogP) is 2.67. The lowest BCUT2D eigenvalue weighted by Crippen LogP contribution is -2.59. The van der Waals surface area contributed by atoms with Gasteiger partial charge < -0.3 is 36.8 Å². The van der Waals surface area contributed by atoms with Crippen molar-refractivity contribution in [2.24, 2.45) is 0 Å². The van der Waals surface area contributed by atoms with E-state index in [1.54, 1.807) is 41.8 Å². The van der Waals surface area contributed by atoms with E-state index in [0.29, 0.717) is 16.8 Å². The smallest absolute Gasteiger partial charge is 0.326 e. The molecular formula is C39H39N5O9S. The van der Waals surface area contributed by atoms with Gasteiger partial charge in [0.1, 0.15) is 24.2 Å². The molecule has 15 heteroatoms. The van der Waals surface area contributed by atoms with Crippen LogP contribution in [0.3, 0.4) is 0 Å². The third kappa shape index (κ3) is 11.3. The Labute approximate surface area is 314 Å². The number of carboxylic acid groups (broad SMARTS) is 2. The standard InChI is InChI=1S/C39H39N5O9S/c45-33-16-17-34(46)41-30(21-28-7-4-18-54-28)37(50)42-29(19-23-8-12-26(13-9-23)25-5-2-1-3-6-25)36(49)43-31(22-35(47)48)38(51)44-32(39(52)53)20-24-10-14-27(40-33)15-11-24/h1-15,18,29-32H,16-17,19-22H2,(H,40,45)(H,41,46)(H,42,50)(H,43,49)(H,44,51)(H,47,48)(H,52,53)/t29-,30+,31-,32+/m0/s1. The Hall–Kier alpha value is -6.35. The molecule has 14 nitrogen and oxygen atoms in total. The first-order valence-electron chi connectivity index (χ1n) is 17.1. The molecular weight excluding hydrogens is 715 g/mol. The topological polar surface area (TPSA) is 220 Å². The van der Waals surface area contributed by atoms with Crippen LogP contribution in [-0.4, -0.2) is 75.9 Å². The number of aliphatic carboxylic acids is 2. The highest BCUT2D eigenvalue weighted by molar-refractivity contribution is 7.09. The Bertz CT molecular complexity index is 1970. The van der Waals surface area contributed by atoms with E-state index in [9.17, 15) is 43.8 Å². The maximum atomic E-state index is 14.0. The van der Waals surface area contributed by atoms with Gasteiger partial charge in [0.2, 0.25) is 29.5 Å². The van der Waals surface area contributed by atoms with Gasteiger partial charge in [0, 0.05) is 42.7 Å². The maximum Gasteiger partial charge on any atom is 0.326 e. The first-order chi connectivity index (χ1) is 25.9. The summed E-state index contributed by atoms with van der Waals surface area (Å²) in [5.41, 5.74) is 3.32. The number of hydrogen-bond donors (Lipinski definition) is 7. The number of rotatable bonds is 8. The van der Waals surface area contributed by atoms with Crippen LogP contribution in [0, 0.1) is 0 Å². The van der Waals surface area contributed by atoms with Crippen molar-refractivity contribution in [1.82, 2.24) is 21.3 Å². The average molecular weight is 754 g/mol. The van der Waals surface area contributed by atoms with Crippen LogP contribution >= 0.6 is 11.3 Å². The number of hydrogen-bond acceptors (Lipinski definition) is 8. The lowest BCUT2D eigenvalue weighted by molar-refractivity contribution is -0.143. The van der Waals surface area contributed by atoms with Crippen molar-refractivity contribution in [3.8, 4) is 11.1 Å². The molecule has 4 atom stereocenters. The minimum absolute atomic E-state index is 0.0640. The number of fused-ring (bicyclic) bond motifs is 18. The van der Waals surface area contributed by atoms with Crippen molar-refractivity contribution < 1.29 is 43.8 Å². The third-order valence-corrected chi connectivity index (χ3v) is 9.55. The van der Waals surface area contributed by atoms with Crippen molar-refractivity contribution in [2.75, 3.05) is 5.32 Å². The Balaban J connectivity index is 1.47. The molecule has 54 heavy (non-hydrogen) atoms. The summed E-state index contributed by atoms with van der Waals surface area (Å²) >= 11 is 1.35. The summed E-state index contributed by atoms with van der Waals surface area (Å²) in [5.74, 6) is -6.62. The van der Waals surface area contributed by atoms with Gasteiger partial charge in [-0.25, -0.2) is 4.79 Å². The fourth-order valence-electron chi connectivity index (χ4n) is 5.83. The summed E-state index contributed by atoms with van der Waals surface area (Å²) in [6, 6.07) is 20.7. The van der Waals surface area contributed by atoms with Gasteiger partial charge in [-0.2, -0.15) is 0 Å². The van der Waals surface area contributed by atoms with Gasteiger partial charge in [-0.3, -0.25) is 28.8 Å². The van der Waals surface area contributed by atoms with E-state index >= 15 is 0 Å². The first kappa shape index (κ1) is 38.9. The lowest BCUT2D eigenvalue weighted by Gasteiger charge is -2.26. The van der Waals surface area contributed by atoms with Gasteiger partial charge in [-0.15, -0.1) is 11.3 Å². The molecule has 3 aromatic carbocycles. The van der Waals surface area contributed by atoms with E-state index < -0.39 is 72.1 Å². The number of amides is 5. The monoisotopic (exact) mass is 753 g/mol. The summed E-state index contributed by atoms with van der Waals surface area (Å²) in [5, 5.41) is 34.2. The second kappa shape index (κ2) is 18.4. The molecule has 4 aromatic rings. The normalized spacial score (nSPS) is 20.3. The number of carbonyl (C=O) groups is 7. The fourth-order valence-corrected chi connectivity index (χ4v) is 6.58. The van der Waals surface area contributed by atoms with Crippen LogP contribution in [0.5, 0.6) is 0 Å². The van der Waals surface area contributed by atoms with Crippen LogP contribution in [0.4, 0.5) is 5.69 Å². The Kier molecular flexibility index (Phi) is 13.3. The van der Waals surface area contributed by atoms with Crippen LogP contribution in [0.1, 0.15) is 35.3 Å². The number of anilines is 1. The minimum atomic E-state index is -1.72. The molecule has 7 N–H and O–H groups in total. The maximum absolute atomic E-state index is 14.0. The van der Waals surface area contributed by atoms with E-state index in [4.69, 9.17) is 0 Å².